The molecule has 2 aromatic rings. The lowest BCUT2D eigenvalue weighted by Gasteiger charge is -2.21. The Morgan fingerprint density at radius 2 is 1.82 bits per heavy atom. The number of carbonyl (C=O) groups excluding carboxylic acids is 1. The lowest BCUT2D eigenvalue weighted by atomic mass is 10.1. The van der Waals surface area contributed by atoms with Gasteiger partial charge in [0, 0.05) is 37.7 Å². The first-order valence-corrected chi connectivity index (χ1v) is 11.5. The molecule has 1 aromatic carbocycles. The van der Waals surface area contributed by atoms with E-state index < -0.39 is 9.84 Å². The van der Waals surface area contributed by atoms with Gasteiger partial charge in [0.05, 0.1) is 4.90 Å². The predicted octanol–water partition coefficient (Wildman–Crippen LogP) is 3.10. The molecule has 6 nitrogen and oxygen atoms in total. The third kappa shape index (κ3) is 5.10. The molecule has 150 valence electrons. The summed E-state index contributed by atoms with van der Waals surface area (Å²) in [6.07, 6.45) is 7.80. The second-order valence-corrected chi connectivity index (χ2v) is 9.37. The maximum atomic E-state index is 12.6. The van der Waals surface area contributed by atoms with Gasteiger partial charge in [0.25, 0.3) is 5.91 Å². The van der Waals surface area contributed by atoms with Gasteiger partial charge in [0.15, 0.2) is 9.84 Å². The second-order valence-electron chi connectivity index (χ2n) is 7.36. The summed E-state index contributed by atoms with van der Waals surface area (Å²) in [4.78, 5) is 19.6. The molecule has 1 aliphatic rings. The fourth-order valence-corrected chi connectivity index (χ4v) is 4.04. The van der Waals surface area contributed by atoms with Crippen molar-refractivity contribution in [3.63, 3.8) is 0 Å². The summed E-state index contributed by atoms with van der Waals surface area (Å²) in [7, 11) is -3.36. The molecule has 0 radical (unpaired) electrons. The van der Waals surface area contributed by atoms with Gasteiger partial charge in [-0.3, -0.25) is 4.79 Å². The number of sulfone groups is 1. The molecule has 1 saturated heterocycles. The number of aryl methyl sites for hydroxylation is 1. The van der Waals surface area contributed by atoms with Crippen molar-refractivity contribution in [2.24, 2.45) is 0 Å². The van der Waals surface area contributed by atoms with Crippen molar-refractivity contribution in [3.8, 4) is 0 Å². The van der Waals surface area contributed by atoms with Gasteiger partial charge in [0.1, 0.15) is 5.82 Å². The van der Waals surface area contributed by atoms with Crippen LogP contribution in [0.15, 0.2) is 41.4 Å². The number of pyridine rings is 1. The highest BCUT2D eigenvalue weighted by molar-refractivity contribution is 7.90. The van der Waals surface area contributed by atoms with Crippen LogP contribution < -0.4 is 10.2 Å². The number of hydrogen-bond donors (Lipinski definition) is 1. The molecule has 0 bridgehead atoms. The van der Waals surface area contributed by atoms with Crippen molar-refractivity contribution in [2.75, 3.05) is 24.2 Å². The fourth-order valence-electron chi connectivity index (χ4n) is 3.40. The van der Waals surface area contributed by atoms with E-state index in [1.165, 1.54) is 37.8 Å². The highest BCUT2D eigenvalue weighted by atomic mass is 32.2. The molecule has 1 N–H and O–H groups in total. The zero-order valence-electron chi connectivity index (χ0n) is 16.4. The molecule has 0 atom stereocenters. The van der Waals surface area contributed by atoms with Crippen LogP contribution in [0.25, 0.3) is 0 Å². The Morgan fingerprint density at radius 1 is 1.11 bits per heavy atom. The van der Waals surface area contributed by atoms with Crippen LogP contribution in [0.5, 0.6) is 0 Å². The molecular weight excluding hydrogens is 374 g/mol. The third-order valence-corrected chi connectivity index (χ3v) is 6.19. The largest absolute Gasteiger partial charge is 0.357 e. The number of nitrogens with zero attached hydrogens (tertiary/aromatic N) is 2. The molecule has 1 aliphatic heterocycles. The van der Waals surface area contributed by atoms with Crippen LogP contribution in [0.1, 0.15) is 47.2 Å². The summed E-state index contributed by atoms with van der Waals surface area (Å²) in [6, 6.07) is 8.54. The molecule has 28 heavy (non-hydrogen) atoms. The Hall–Kier alpha value is -2.41. The molecule has 0 spiro atoms. The molecule has 3 rings (SSSR count). The Labute approximate surface area is 166 Å². The maximum Gasteiger partial charge on any atom is 0.251 e. The number of nitrogens with one attached hydrogen (secondary N) is 1. The number of hydrogen-bond acceptors (Lipinski definition) is 5. The molecule has 0 unspecified atom stereocenters. The van der Waals surface area contributed by atoms with Crippen LogP contribution in [-0.4, -0.2) is 38.7 Å². The molecule has 7 heteroatoms. The fraction of sp³-hybridized carbons (Fsp3) is 0.429. The first kappa shape index (κ1) is 20.3. The van der Waals surface area contributed by atoms with E-state index in [4.69, 9.17) is 0 Å². The topological polar surface area (TPSA) is 79.4 Å². The normalized spacial score (nSPS) is 15.1. The maximum absolute atomic E-state index is 12.6. The van der Waals surface area contributed by atoms with Gasteiger partial charge in [-0.1, -0.05) is 18.9 Å². The van der Waals surface area contributed by atoms with E-state index in [1.807, 2.05) is 12.1 Å². The van der Waals surface area contributed by atoms with Crippen LogP contribution in [0.3, 0.4) is 0 Å². The highest BCUT2D eigenvalue weighted by Crippen LogP contribution is 2.19. The smallest absolute Gasteiger partial charge is 0.251 e. The minimum atomic E-state index is -3.36. The molecule has 1 fully saturated rings. The number of anilines is 1. The van der Waals surface area contributed by atoms with E-state index in [1.54, 1.807) is 19.2 Å². The zero-order chi connectivity index (χ0) is 20.1. The second kappa shape index (κ2) is 8.73. The van der Waals surface area contributed by atoms with Crippen molar-refractivity contribution in [1.29, 1.82) is 0 Å². The van der Waals surface area contributed by atoms with Gasteiger partial charge in [-0.2, -0.15) is 0 Å². The first-order valence-electron chi connectivity index (χ1n) is 9.63. The van der Waals surface area contributed by atoms with Crippen molar-refractivity contribution in [1.82, 2.24) is 10.3 Å². The van der Waals surface area contributed by atoms with Crippen LogP contribution >= 0.6 is 0 Å². The van der Waals surface area contributed by atoms with E-state index in [0.29, 0.717) is 12.1 Å². The van der Waals surface area contributed by atoms with Gasteiger partial charge in [-0.05, 0) is 55.2 Å². The number of rotatable bonds is 5. The van der Waals surface area contributed by atoms with Gasteiger partial charge >= 0.3 is 0 Å². The minimum Gasteiger partial charge on any atom is -0.357 e. The van der Waals surface area contributed by atoms with Gasteiger partial charge in [-0.25, -0.2) is 13.4 Å². The van der Waals surface area contributed by atoms with Crippen molar-refractivity contribution >= 4 is 21.6 Å². The number of aromatic nitrogens is 1. The Bertz CT molecular complexity index is 949. The number of benzene rings is 1. The summed E-state index contributed by atoms with van der Waals surface area (Å²) in [5, 5.41) is 2.90. The lowest BCUT2D eigenvalue weighted by molar-refractivity contribution is 0.0950. The zero-order valence-corrected chi connectivity index (χ0v) is 17.3. The average Bonchev–Trinajstić information content (AvgIpc) is 2.95. The van der Waals surface area contributed by atoms with Crippen LogP contribution in [0.4, 0.5) is 5.82 Å². The van der Waals surface area contributed by atoms with Crippen LogP contribution in [0.2, 0.25) is 0 Å². The van der Waals surface area contributed by atoms with E-state index in [0.717, 1.165) is 36.3 Å². The summed E-state index contributed by atoms with van der Waals surface area (Å²) in [5.41, 5.74) is 2.09. The van der Waals surface area contributed by atoms with Crippen LogP contribution in [-0.2, 0) is 16.4 Å². The monoisotopic (exact) mass is 401 g/mol. The Kier molecular flexibility index (Phi) is 6.34. The number of carbonyl (C=O) groups is 1. The van der Waals surface area contributed by atoms with E-state index >= 15 is 0 Å². The van der Waals surface area contributed by atoms with Crippen LogP contribution in [0, 0.1) is 6.92 Å². The molecule has 1 amide bonds. The molecule has 2 heterocycles. The lowest BCUT2D eigenvalue weighted by Crippen LogP contribution is -2.26. The SMILES string of the molecule is Cc1ccc(S(C)(=O)=O)cc1C(=O)NCc1ccnc(N2CCCCCC2)c1. The average molecular weight is 402 g/mol. The predicted molar refractivity (Wildman–Crippen MR) is 110 cm³/mol. The van der Waals surface area contributed by atoms with E-state index in [9.17, 15) is 13.2 Å². The standard InChI is InChI=1S/C21H27N3O3S/c1-16-7-8-18(28(2,26)27)14-19(16)21(25)23-15-17-9-10-22-20(13-17)24-11-5-3-4-6-12-24/h7-10,13-14H,3-6,11-12,15H2,1-2H3,(H,23,25). The van der Waals surface area contributed by atoms with Crippen molar-refractivity contribution in [3.05, 3.63) is 53.2 Å². The quantitative estimate of drug-likeness (QED) is 0.833. The van der Waals surface area contributed by atoms with Gasteiger partial charge in [-0.15, -0.1) is 0 Å². The molecule has 0 aliphatic carbocycles. The number of amides is 1. The van der Waals surface area contributed by atoms with E-state index in [-0.39, 0.29) is 10.8 Å². The summed E-state index contributed by atoms with van der Waals surface area (Å²) >= 11 is 0. The van der Waals surface area contributed by atoms with Crippen molar-refractivity contribution < 1.29 is 13.2 Å². The van der Waals surface area contributed by atoms with Gasteiger partial charge in [0.2, 0.25) is 0 Å². The van der Waals surface area contributed by atoms with Gasteiger partial charge < -0.3 is 10.2 Å². The third-order valence-electron chi connectivity index (χ3n) is 5.07. The first-order chi connectivity index (χ1) is 13.3. The van der Waals surface area contributed by atoms with Crippen molar-refractivity contribution in [2.45, 2.75) is 44.0 Å². The summed E-state index contributed by atoms with van der Waals surface area (Å²) < 4.78 is 23.5. The Balaban J connectivity index is 1.70. The Morgan fingerprint density at radius 3 is 2.50 bits per heavy atom. The molecular formula is C21H27N3O3S. The molecule has 1 aromatic heterocycles. The van der Waals surface area contributed by atoms with E-state index in [2.05, 4.69) is 15.2 Å². The molecule has 0 saturated carbocycles. The summed E-state index contributed by atoms with van der Waals surface area (Å²) in [6.45, 7) is 4.19. The minimum absolute atomic E-state index is 0.149. The summed E-state index contributed by atoms with van der Waals surface area (Å²) in [5.74, 6) is 0.667. The highest BCUT2D eigenvalue weighted by Gasteiger charge is 2.15.